The van der Waals surface area contributed by atoms with Crippen molar-refractivity contribution in [3.05, 3.63) is 11.6 Å². The molecule has 0 saturated carbocycles. The molecule has 6 nitrogen and oxygen atoms in total. The van der Waals surface area contributed by atoms with Gasteiger partial charge in [-0.2, -0.15) is 0 Å². The largest absolute Gasteiger partial charge is 0.455 e. The first kappa shape index (κ1) is 20.8. The lowest BCUT2D eigenvalue weighted by molar-refractivity contribution is -0.307. The summed E-state index contributed by atoms with van der Waals surface area (Å²) in [5, 5.41) is 21.4. The van der Waals surface area contributed by atoms with Gasteiger partial charge in [0.1, 0.15) is 17.3 Å². The van der Waals surface area contributed by atoms with Gasteiger partial charge in [0.2, 0.25) is 0 Å². The first-order valence-corrected chi connectivity index (χ1v) is 10.1. The van der Waals surface area contributed by atoms with E-state index in [1.165, 1.54) is 0 Å². The molecule has 0 aromatic heterocycles. The number of hydrogen-bond donors (Lipinski definition) is 2. The van der Waals surface area contributed by atoms with E-state index in [9.17, 15) is 15.0 Å². The zero-order valence-electron chi connectivity index (χ0n) is 17.5. The summed E-state index contributed by atoms with van der Waals surface area (Å²) >= 11 is 0. The van der Waals surface area contributed by atoms with Crippen molar-refractivity contribution in [2.45, 2.75) is 96.6 Å². The van der Waals surface area contributed by atoms with Crippen LogP contribution in [0.15, 0.2) is 11.6 Å². The monoisotopic (exact) mass is 382 g/mol. The number of cyclic esters (lactones) is 1. The summed E-state index contributed by atoms with van der Waals surface area (Å²) in [4.78, 5) is 12.1. The molecule has 0 unspecified atom stereocenters. The van der Waals surface area contributed by atoms with E-state index in [0.717, 1.165) is 0 Å². The van der Waals surface area contributed by atoms with Gasteiger partial charge in [-0.15, -0.1) is 0 Å². The van der Waals surface area contributed by atoms with Gasteiger partial charge >= 0.3 is 5.97 Å². The van der Waals surface area contributed by atoms with Gasteiger partial charge in [0.05, 0.1) is 12.2 Å². The molecule has 2 fully saturated rings. The molecule has 6 heteroatoms. The summed E-state index contributed by atoms with van der Waals surface area (Å²) in [6, 6.07) is 0. The second-order valence-corrected chi connectivity index (χ2v) is 9.22. The summed E-state index contributed by atoms with van der Waals surface area (Å²) in [6.45, 7) is 13.3. The van der Waals surface area contributed by atoms with Crippen LogP contribution < -0.4 is 0 Å². The Hall–Kier alpha value is -0.950. The minimum absolute atomic E-state index is 0.0179. The third-order valence-corrected chi connectivity index (χ3v) is 7.06. The molecule has 0 aromatic carbocycles. The highest BCUT2D eigenvalue weighted by molar-refractivity contribution is 5.88. The van der Waals surface area contributed by atoms with Gasteiger partial charge in [0.15, 0.2) is 5.79 Å². The van der Waals surface area contributed by atoms with Crippen LogP contribution in [0.25, 0.3) is 0 Å². The molecule has 2 N–H and O–H groups in total. The Morgan fingerprint density at radius 2 is 1.89 bits per heavy atom. The Bertz CT molecular complexity index is 647. The Kier molecular flexibility index (Phi) is 5.04. The van der Waals surface area contributed by atoms with E-state index in [-0.39, 0.29) is 23.7 Å². The zero-order valence-corrected chi connectivity index (χ0v) is 17.5. The van der Waals surface area contributed by atoms with Crippen LogP contribution in [0.3, 0.4) is 0 Å². The van der Waals surface area contributed by atoms with Gasteiger partial charge in [-0.3, -0.25) is 0 Å². The summed E-state index contributed by atoms with van der Waals surface area (Å²) in [5.74, 6) is -1.68. The van der Waals surface area contributed by atoms with Crippen LogP contribution in [0.2, 0.25) is 0 Å². The number of aliphatic hydroxyl groups is 2. The lowest BCUT2D eigenvalue weighted by atomic mass is 9.79. The molecular weight excluding hydrogens is 348 g/mol. The predicted molar refractivity (Wildman–Crippen MR) is 99.8 cm³/mol. The summed E-state index contributed by atoms with van der Waals surface area (Å²) in [6.07, 6.45) is 0.964. The number of esters is 1. The van der Waals surface area contributed by atoms with Gasteiger partial charge in [0, 0.05) is 23.3 Å². The lowest BCUT2D eigenvalue weighted by Crippen LogP contribution is -2.51. The number of ether oxygens (including phenoxy) is 3. The van der Waals surface area contributed by atoms with E-state index in [4.69, 9.17) is 14.2 Å². The number of hydrogen-bond acceptors (Lipinski definition) is 6. The van der Waals surface area contributed by atoms with Crippen molar-refractivity contribution in [3.63, 3.8) is 0 Å². The fourth-order valence-corrected chi connectivity index (χ4v) is 5.52. The molecule has 0 aromatic rings. The second kappa shape index (κ2) is 6.55. The third-order valence-electron chi connectivity index (χ3n) is 7.06. The van der Waals surface area contributed by atoms with Crippen LogP contribution in [0, 0.1) is 17.8 Å². The van der Waals surface area contributed by atoms with Gasteiger partial charge in [-0.25, -0.2) is 4.79 Å². The Morgan fingerprint density at radius 1 is 1.26 bits per heavy atom. The molecule has 0 bridgehead atoms. The van der Waals surface area contributed by atoms with Crippen molar-refractivity contribution >= 4 is 5.97 Å². The molecular formula is C21H34O6. The molecule has 9 atom stereocenters. The maximum Gasteiger partial charge on any atom is 0.333 e. The van der Waals surface area contributed by atoms with E-state index >= 15 is 0 Å². The van der Waals surface area contributed by atoms with Crippen LogP contribution in [0.1, 0.15) is 61.3 Å². The molecule has 0 aliphatic carbocycles. The van der Waals surface area contributed by atoms with Crippen molar-refractivity contribution in [3.8, 4) is 0 Å². The summed E-state index contributed by atoms with van der Waals surface area (Å²) in [5.41, 5.74) is -1.22. The van der Waals surface area contributed by atoms with Crippen molar-refractivity contribution in [1.82, 2.24) is 0 Å². The normalized spacial score (nSPS) is 51.4. The molecule has 3 aliphatic heterocycles. The van der Waals surface area contributed by atoms with E-state index < -0.39 is 35.3 Å². The smallest absolute Gasteiger partial charge is 0.333 e. The van der Waals surface area contributed by atoms with Crippen LogP contribution in [0.5, 0.6) is 0 Å². The molecule has 0 amide bonds. The molecule has 3 heterocycles. The third kappa shape index (κ3) is 2.87. The van der Waals surface area contributed by atoms with E-state index in [1.54, 1.807) is 13.8 Å². The van der Waals surface area contributed by atoms with Crippen LogP contribution >= 0.6 is 0 Å². The van der Waals surface area contributed by atoms with Crippen molar-refractivity contribution in [1.29, 1.82) is 0 Å². The lowest BCUT2D eigenvalue weighted by Gasteiger charge is -2.41. The number of rotatable bonds is 3. The molecule has 3 aliphatic rings. The molecule has 0 radical (unpaired) electrons. The highest BCUT2D eigenvalue weighted by atomic mass is 16.7. The quantitative estimate of drug-likeness (QED) is 0.730. The Balaban J connectivity index is 1.93. The average Bonchev–Trinajstić information content (AvgIpc) is 2.97. The predicted octanol–water partition coefficient (Wildman–Crippen LogP) is 2.56. The van der Waals surface area contributed by atoms with Gasteiger partial charge in [-0.1, -0.05) is 33.8 Å². The number of aliphatic hydroxyl groups excluding tert-OH is 2. The van der Waals surface area contributed by atoms with E-state index in [2.05, 4.69) is 0 Å². The fraction of sp³-hybridized carbons (Fsp3) is 0.857. The average molecular weight is 382 g/mol. The number of carbonyl (C=O) groups is 1. The second-order valence-electron chi connectivity index (χ2n) is 9.22. The highest BCUT2D eigenvalue weighted by Gasteiger charge is 2.69. The summed E-state index contributed by atoms with van der Waals surface area (Å²) in [7, 11) is 0. The SMILES string of the molecule is CC[C@@H](O)[C@@]1(C)O[C@]2(O[C@@](C)([C@@H]3OC(=O)C(C)=C[C@@H]3C)C[C@H]2C)[C@H](C)[C@H]1O. The molecule has 3 rings (SSSR count). The molecule has 2 saturated heterocycles. The van der Waals surface area contributed by atoms with Gasteiger partial charge in [0.25, 0.3) is 0 Å². The first-order valence-electron chi connectivity index (χ1n) is 10.1. The first-order chi connectivity index (χ1) is 12.4. The molecule has 27 heavy (non-hydrogen) atoms. The number of carbonyl (C=O) groups excluding carboxylic acids is 1. The topological polar surface area (TPSA) is 85.2 Å². The zero-order chi connectivity index (χ0) is 20.4. The van der Waals surface area contributed by atoms with Crippen molar-refractivity contribution in [2.75, 3.05) is 0 Å². The van der Waals surface area contributed by atoms with E-state index in [1.807, 2.05) is 40.7 Å². The standard InChI is InChI=1S/C21H34O6/c1-8-15(22)20(7)16(23)14(5)21(27-20)13(4)10-19(6,26-21)17-11(2)9-12(3)18(24)25-17/h9,11,13-17,22-23H,8,10H2,1-7H3/t11-,13+,14+,15+,16+,17+,19+,20+,21-/m0/s1. The molecule has 154 valence electrons. The minimum atomic E-state index is -1.10. The Morgan fingerprint density at radius 3 is 2.48 bits per heavy atom. The van der Waals surface area contributed by atoms with Crippen molar-refractivity contribution in [2.24, 2.45) is 17.8 Å². The van der Waals surface area contributed by atoms with Crippen LogP contribution in [0.4, 0.5) is 0 Å². The van der Waals surface area contributed by atoms with Crippen molar-refractivity contribution < 1.29 is 29.2 Å². The highest BCUT2D eigenvalue weighted by Crippen LogP contribution is 2.58. The molecule has 1 spiro atoms. The summed E-state index contributed by atoms with van der Waals surface area (Å²) < 4.78 is 18.7. The maximum absolute atomic E-state index is 12.1. The van der Waals surface area contributed by atoms with Crippen LogP contribution in [-0.4, -0.2) is 51.5 Å². The fourth-order valence-electron chi connectivity index (χ4n) is 5.52. The minimum Gasteiger partial charge on any atom is -0.455 e. The van der Waals surface area contributed by atoms with E-state index in [0.29, 0.717) is 18.4 Å². The van der Waals surface area contributed by atoms with Crippen LogP contribution in [-0.2, 0) is 19.0 Å². The maximum atomic E-state index is 12.1. The van der Waals surface area contributed by atoms with Gasteiger partial charge < -0.3 is 24.4 Å². The Labute approximate surface area is 161 Å². The van der Waals surface area contributed by atoms with Gasteiger partial charge in [-0.05, 0) is 33.6 Å².